The molecule has 1 amide bonds. The summed E-state index contributed by atoms with van der Waals surface area (Å²) in [5, 5.41) is 2.76. The van der Waals surface area contributed by atoms with Gasteiger partial charge in [-0.25, -0.2) is 0 Å². The molecule has 0 aliphatic rings. The fourth-order valence-corrected chi connectivity index (χ4v) is 1.60. The lowest BCUT2D eigenvalue weighted by Crippen LogP contribution is -2.32. The lowest BCUT2D eigenvalue weighted by Gasteiger charge is -2.10. The maximum absolute atomic E-state index is 11.8. The maximum atomic E-state index is 11.8. The SMILES string of the molecule is CC[C@@H](C)CNC(=O)c1cc(Br)c(C)[nH]c1=O. The molecule has 0 spiro atoms. The zero-order valence-corrected chi connectivity index (χ0v) is 11.8. The number of amides is 1. The van der Waals surface area contributed by atoms with Crippen molar-refractivity contribution in [1.82, 2.24) is 10.3 Å². The molecule has 1 atom stereocenters. The van der Waals surface area contributed by atoms with Crippen molar-refractivity contribution in [3.8, 4) is 0 Å². The van der Waals surface area contributed by atoms with Gasteiger partial charge in [0, 0.05) is 16.7 Å². The second-order valence-electron chi connectivity index (χ2n) is 4.21. The molecule has 1 aromatic heterocycles. The van der Waals surface area contributed by atoms with Gasteiger partial charge in [0.2, 0.25) is 0 Å². The minimum absolute atomic E-state index is 0.144. The van der Waals surface area contributed by atoms with Crippen molar-refractivity contribution < 1.29 is 4.79 Å². The summed E-state index contributed by atoms with van der Waals surface area (Å²) < 4.78 is 0.728. The number of aromatic nitrogens is 1. The maximum Gasteiger partial charge on any atom is 0.261 e. The summed E-state index contributed by atoms with van der Waals surface area (Å²) in [5.74, 6) is 0.0826. The fourth-order valence-electron chi connectivity index (χ4n) is 1.27. The quantitative estimate of drug-likeness (QED) is 0.896. The van der Waals surface area contributed by atoms with E-state index in [9.17, 15) is 9.59 Å². The lowest BCUT2D eigenvalue weighted by molar-refractivity contribution is 0.0946. The Labute approximate surface area is 109 Å². The van der Waals surface area contributed by atoms with Crippen LogP contribution in [0.2, 0.25) is 0 Å². The van der Waals surface area contributed by atoms with Crippen LogP contribution in [0, 0.1) is 12.8 Å². The molecule has 4 nitrogen and oxygen atoms in total. The van der Waals surface area contributed by atoms with E-state index in [-0.39, 0.29) is 17.0 Å². The molecule has 2 N–H and O–H groups in total. The van der Waals surface area contributed by atoms with Crippen molar-refractivity contribution in [3.63, 3.8) is 0 Å². The Hall–Kier alpha value is -1.10. The van der Waals surface area contributed by atoms with Gasteiger partial charge >= 0.3 is 0 Å². The van der Waals surface area contributed by atoms with Crippen LogP contribution in [0.25, 0.3) is 0 Å². The number of H-pyrrole nitrogens is 1. The molecule has 1 heterocycles. The van der Waals surface area contributed by atoms with E-state index in [2.05, 4.69) is 40.1 Å². The Kier molecular flexibility index (Phi) is 4.93. The largest absolute Gasteiger partial charge is 0.352 e. The molecular formula is C12H17BrN2O2. The van der Waals surface area contributed by atoms with Crippen molar-refractivity contribution in [1.29, 1.82) is 0 Å². The number of aryl methyl sites for hydroxylation is 1. The number of carbonyl (C=O) groups excluding carboxylic acids is 1. The Bertz CT molecular complexity index is 468. The molecule has 94 valence electrons. The molecule has 0 unspecified atom stereocenters. The summed E-state index contributed by atoms with van der Waals surface area (Å²) in [6, 6.07) is 1.56. The van der Waals surface area contributed by atoms with E-state index in [0.717, 1.165) is 10.9 Å². The van der Waals surface area contributed by atoms with E-state index < -0.39 is 0 Å². The van der Waals surface area contributed by atoms with Gasteiger partial charge in [0.15, 0.2) is 0 Å². The van der Waals surface area contributed by atoms with Crippen LogP contribution in [0.4, 0.5) is 0 Å². The summed E-state index contributed by atoms with van der Waals surface area (Å²) in [7, 11) is 0. The Balaban J connectivity index is 2.83. The van der Waals surface area contributed by atoms with Gasteiger partial charge in [-0.15, -0.1) is 0 Å². The van der Waals surface area contributed by atoms with Gasteiger partial charge in [-0.05, 0) is 34.8 Å². The number of halogens is 1. The third-order valence-electron chi connectivity index (χ3n) is 2.73. The van der Waals surface area contributed by atoms with Gasteiger partial charge in [0.05, 0.1) is 0 Å². The third kappa shape index (κ3) is 3.70. The van der Waals surface area contributed by atoms with Crippen LogP contribution in [-0.2, 0) is 0 Å². The summed E-state index contributed by atoms with van der Waals surface area (Å²) in [5.41, 5.74) is 0.506. The Morgan fingerprint density at radius 1 is 1.59 bits per heavy atom. The zero-order valence-electron chi connectivity index (χ0n) is 10.3. The highest BCUT2D eigenvalue weighted by atomic mass is 79.9. The zero-order chi connectivity index (χ0) is 13.0. The lowest BCUT2D eigenvalue weighted by atomic mass is 10.1. The van der Waals surface area contributed by atoms with Crippen molar-refractivity contribution in [2.75, 3.05) is 6.54 Å². The normalized spacial score (nSPS) is 12.2. The number of nitrogens with one attached hydrogen (secondary N) is 2. The number of pyridine rings is 1. The van der Waals surface area contributed by atoms with Gasteiger partial charge in [-0.3, -0.25) is 9.59 Å². The first-order chi connectivity index (χ1) is 7.95. The monoisotopic (exact) mass is 300 g/mol. The predicted octanol–water partition coefficient (Wildman–Crippen LogP) is 2.22. The van der Waals surface area contributed by atoms with E-state index in [1.54, 1.807) is 13.0 Å². The highest BCUT2D eigenvalue weighted by Crippen LogP contribution is 2.12. The number of carbonyl (C=O) groups is 1. The predicted molar refractivity (Wildman–Crippen MR) is 71.3 cm³/mol. The Morgan fingerprint density at radius 2 is 2.24 bits per heavy atom. The molecule has 1 rings (SSSR count). The van der Waals surface area contributed by atoms with E-state index in [4.69, 9.17) is 0 Å². The fraction of sp³-hybridized carbons (Fsp3) is 0.500. The number of rotatable bonds is 4. The Morgan fingerprint density at radius 3 is 2.82 bits per heavy atom. The number of hydrogen-bond acceptors (Lipinski definition) is 2. The molecule has 17 heavy (non-hydrogen) atoms. The summed E-state index contributed by atoms with van der Waals surface area (Å²) in [6.45, 7) is 6.47. The smallest absolute Gasteiger partial charge is 0.261 e. The molecule has 0 radical (unpaired) electrons. The molecule has 0 saturated carbocycles. The van der Waals surface area contributed by atoms with Gasteiger partial charge in [-0.2, -0.15) is 0 Å². The van der Waals surface area contributed by atoms with Crippen molar-refractivity contribution in [2.24, 2.45) is 5.92 Å². The second kappa shape index (κ2) is 6.00. The average molecular weight is 301 g/mol. The molecular weight excluding hydrogens is 284 g/mol. The number of aromatic amines is 1. The van der Waals surface area contributed by atoms with Gasteiger partial charge < -0.3 is 10.3 Å². The van der Waals surface area contributed by atoms with Crippen molar-refractivity contribution in [3.05, 3.63) is 32.2 Å². The summed E-state index contributed by atoms with van der Waals surface area (Å²) in [6.07, 6.45) is 0.994. The molecule has 0 bridgehead atoms. The van der Waals surface area contributed by atoms with Crippen LogP contribution in [0.1, 0.15) is 36.3 Å². The van der Waals surface area contributed by atoms with Crippen LogP contribution in [0.3, 0.4) is 0 Å². The summed E-state index contributed by atoms with van der Waals surface area (Å²) in [4.78, 5) is 26.0. The number of hydrogen-bond donors (Lipinski definition) is 2. The molecule has 0 fully saturated rings. The van der Waals surface area contributed by atoms with Gasteiger partial charge in [-0.1, -0.05) is 20.3 Å². The van der Waals surface area contributed by atoms with Crippen LogP contribution in [-0.4, -0.2) is 17.4 Å². The molecule has 0 aromatic carbocycles. The molecule has 0 aliphatic carbocycles. The van der Waals surface area contributed by atoms with Gasteiger partial charge in [0.1, 0.15) is 5.56 Å². The standard InChI is InChI=1S/C12H17BrN2O2/c1-4-7(2)6-14-11(16)9-5-10(13)8(3)15-12(9)17/h5,7H,4,6H2,1-3H3,(H,14,16)(H,15,17)/t7-/m1/s1. The first-order valence-electron chi connectivity index (χ1n) is 5.63. The molecule has 0 saturated heterocycles. The van der Waals surface area contributed by atoms with Crippen molar-refractivity contribution in [2.45, 2.75) is 27.2 Å². The van der Waals surface area contributed by atoms with Crippen LogP contribution >= 0.6 is 15.9 Å². The van der Waals surface area contributed by atoms with E-state index in [1.165, 1.54) is 0 Å². The minimum Gasteiger partial charge on any atom is -0.352 e. The first-order valence-corrected chi connectivity index (χ1v) is 6.42. The highest BCUT2D eigenvalue weighted by molar-refractivity contribution is 9.10. The van der Waals surface area contributed by atoms with E-state index in [1.807, 2.05) is 0 Å². The van der Waals surface area contributed by atoms with Crippen LogP contribution in [0.5, 0.6) is 0 Å². The second-order valence-corrected chi connectivity index (χ2v) is 5.06. The van der Waals surface area contributed by atoms with Crippen LogP contribution < -0.4 is 10.9 Å². The third-order valence-corrected chi connectivity index (χ3v) is 3.55. The molecule has 1 aromatic rings. The first kappa shape index (κ1) is 14.0. The van der Waals surface area contributed by atoms with Crippen LogP contribution in [0.15, 0.2) is 15.3 Å². The van der Waals surface area contributed by atoms with Gasteiger partial charge in [0.25, 0.3) is 11.5 Å². The van der Waals surface area contributed by atoms with E-state index >= 15 is 0 Å². The highest BCUT2D eigenvalue weighted by Gasteiger charge is 2.12. The average Bonchev–Trinajstić information content (AvgIpc) is 2.30. The minimum atomic E-state index is -0.354. The van der Waals surface area contributed by atoms with Crippen molar-refractivity contribution >= 4 is 21.8 Å². The molecule has 0 aliphatic heterocycles. The molecule has 5 heteroatoms. The summed E-state index contributed by atoms with van der Waals surface area (Å²) >= 11 is 3.29. The topological polar surface area (TPSA) is 62.0 Å². The van der Waals surface area contributed by atoms with E-state index in [0.29, 0.717) is 18.2 Å².